The van der Waals surface area contributed by atoms with Gasteiger partial charge in [-0.3, -0.25) is 9.52 Å². The second-order valence-electron chi connectivity index (χ2n) is 7.05. The summed E-state index contributed by atoms with van der Waals surface area (Å²) in [5, 5.41) is 2.83. The van der Waals surface area contributed by atoms with Crippen LogP contribution in [-0.4, -0.2) is 27.5 Å². The number of furan rings is 1. The Bertz CT molecular complexity index is 1160. The lowest BCUT2D eigenvalue weighted by atomic mass is 10.1. The average molecular weight is 442 g/mol. The molecule has 2 aromatic carbocycles. The first kappa shape index (κ1) is 20.8. The number of hydrogen-bond acceptors (Lipinski definition) is 6. The lowest BCUT2D eigenvalue weighted by molar-refractivity contribution is 0.0935. The minimum absolute atomic E-state index is 0.0610. The van der Waals surface area contributed by atoms with Gasteiger partial charge in [-0.1, -0.05) is 0 Å². The Hall–Kier alpha value is -3.46. The van der Waals surface area contributed by atoms with Crippen molar-refractivity contribution in [2.75, 3.05) is 17.9 Å². The number of sulfonamides is 1. The van der Waals surface area contributed by atoms with Gasteiger partial charge in [0.15, 0.2) is 11.5 Å². The Morgan fingerprint density at radius 1 is 1.00 bits per heavy atom. The van der Waals surface area contributed by atoms with Gasteiger partial charge in [-0.25, -0.2) is 8.42 Å². The van der Waals surface area contributed by atoms with Gasteiger partial charge in [-0.15, -0.1) is 0 Å². The van der Waals surface area contributed by atoms with E-state index in [0.717, 1.165) is 6.42 Å². The molecule has 1 aliphatic heterocycles. The number of anilines is 1. The fraction of sp³-hybridized carbons (Fsp3) is 0.227. The van der Waals surface area contributed by atoms with E-state index >= 15 is 0 Å². The van der Waals surface area contributed by atoms with E-state index in [9.17, 15) is 13.2 Å². The number of carbonyl (C=O) groups excluding carboxylic acids is 1. The second-order valence-corrected chi connectivity index (χ2v) is 8.73. The van der Waals surface area contributed by atoms with E-state index in [2.05, 4.69) is 10.0 Å². The summed E-state index contributed by atoms with van der Waals surface area (Å²) in [6.07, 6.45) is 2.28. The van der Waals surface area contributed by atoms with Crippen LogP contribution in [0.15, 0.2) is 70.2 Å². The van der Waals surface area contributed by atoms with Gasteiger partial charge < -0.3 is 19.2 Å². The number of fused-ring (bicyclic) bond motifs is 1. The van der Waals surface area contributed by atoms with Crippen LogP contribution < -0.4 is 19.5 Å². The Labute approximate surface area is 180 Å². The van der Waals surface area contributed by atoms with Gasteiger partial charge in [0.25, 0.3) is 15.9 Å². The summed E-state index contributed by atoms with van der Waals surface area (Å²) in [5.74, 6) is 1.28. The number of carbonyl (C=O) groups is 1. The predicted octanol–water partition coefficient (Wildman–Crippen LogP) is 3.73. The first-order valence-electron chi connectivity index (χ1n) is 9.79. The molecule has 0 unspecified atom stereocenters. The third kappa shape index (κ3) is 4.83. The topological polar surface area (TPSA) is 107 Å². The Kier molecular flexibility index (Phi) is 5.85. The molecule has 0 bridgehead atoms. The molecule has 9 heteroatoms. The molecule has 0 spiro atoms. The van der Waals surface area contributed by atoms with Gasteiger partial charge in [0.05, 0.1) is 30.4 Å². The average Bonchev–Trinajstić information content (AvgIpc) is 3.19. The van der Waals surface area contributed by atoms with Crippen molar-refractivity contribution in [3.8, 4) is 11.5 Å². The third-order valence-electron chi connectivity index (χ3n) is 4.75. The molecule has 4 rings (SSSR count). The van der Waals surface area contributed by atoms with Crippen LogP contribution in [0.2, 0.25) is 0 Å². The van der Waals surface area contributed by atoms with E-state index in [4.69, 9.17) is 13.9 Å². The Balaban J connectivity index is 1.44. The maximum Gasteiger partial charge on any atom is 0.262 e. The van der Waals surface area contributed by atoms with Gasteiger partial charge in [-0.05, 0) is 55.5 Å². The van der Waals surface area contributed by atoms with Crippen molar-refractivity contribution in [1.82, 2.24) is 5.32 Å². The van der Waals surface area contributed by atoms with E-state index < -0.39 is 10.0 Å². The molecule has 8 nitrogen and oxygen atoms in total. The van der Waals surface area contributed by atoms with Gasteiger partial charge >= 0.3 is 0 Å². The molecule has 0 saturated carbocycles. The number of ether oxygens (including phenoxy) is 2. The van der Waals surface area contributed by atoms with Crippen LogP contribution in [0.3, 0.4) is 0 Å². The molecule has 0 fully saturated rings. The molecule has 31 heavy (non-hydrogen) atoms. The standard InChI is InChI=1S/C22H22N2O6S/c1-15(19-4-2-11-28-19)23-22(25)16-5-7-17(8-6-16)24-31(26,27)18-9-10-20-21(14-18)30-13-3-12-29-20/h2,4-11,14-15,24H,3,12-13H2,1H3,(H,23,25)/t15-/m0/s1. The molecule has 1 aromatic heterocycles. The lowest BCUT2D eigenvalue weighted by Gasteiger charge is -2.13. The summed E-state index contributed by atoms with van der Waals surface area (Å²) < 4.78 is 44.4. The van der Waals surface area contributed by atoms with Crippen LogP contribution in [-0.2, 0) is 10.0 Å². The Morgan fingerprint density at radius 2 is 1.74 bits per heavy atom. The van der Waals surface area contributed by atoms with Crippen molar-refractivity contribution < 1.29 is 27.1 Å². The van der Waals surface area contributed by atoms with E-state index in [1.807, 2.05) is 6.92 Å². The largest absolute Gasteiger partial charge is 0.490 e. The van der Waals surface area contributed by atoms with Crippen LogP contribution in [0.4, 0.5) is 5.69 Å². The summed E-state index contributed by atoms with van der Waals surface area (Å²) in [4.78, 5) is 12.5. The van der Waals surface area contributed by atoms with Crippen LogP contribution in [0.25, 0.3) is 0 Å². The summed E-state index contributed by atoms with van der Waals surface area (Å²) in [6.45, 7) is 2.80. The molecule has 0 radical (unpaired) electrons. The van der Waals surface area contributed by atoms with Crippen LogP contribution in [0.1, 0.15) is 35.5 Å². The highest BCUT2D eigenvalue weighted by molar-refractivity contribution is 7.92. The number of hydrogen-bond donors (Lipinski definition) is 2. The molecule has 2 heterocycles. The quantitative estimate of drug-likeness (QED) is 0.602. The Morgan fingerprint density at radius 3 is 2.45 bits per heavy atom. The highest BCUT2D eigenvalue weighted by atomic mass is 32.2. The molecule has 2 N–H and O–H groups in total. The third-order valence-corrected chi connectivity index (χ3v) is 6.13. The number of benzene rings is 2. The van der Waals surface area contributed by atoms with E-state index in [0.29, 0.717) is 41.7 Å². The van der Waals surface area contributed by atoms with Crippen molar-refractivity contribution in [3.05, 3.63) is 72.2 Å². The minimum atomic E-state index is -3.84. The smallest absolute Gasteiger partial charge is 0.262 e. The van der Waals surface area contributed by atoms with E-state index in [1.54, 1.807) is 36.6 Å². The van der Waals surface area contributed by atoms with Crippen molar-refractivity contribution in [2.24, 2.45) is 0 Å². The number of rotatable bonds is 6. The van der Waals surface area contributed by atoms with Crippen LogP contribution in [0.5, 0.6) is 11.5 Å². The van der Waals surface area contributed by atoms with Crippen LogP contribution >= 0.6 is 0 Å². The van der Waals surface area contributed by atoms with Gasteiger partial charge in [0.1, 0.15) is 5.76 Å². The summed E-state index contributed by atoms with van der Waals surface area (Å²) in [6, 6.07) is 13.9. The molecule has 1 aliphatic rings. The molecule has 3 aromatic rings. The lowest BCUT2D eigenvalue weighted by Crippen LogP contribution is -2.26. The zero-order chi connectivity index (χ0) is 21.8. The second kappa shape index (κ2) is 8.73. The normalized spacial score (nSPS) is 14.4. The van der Waals surface area contributed by atoms with E-state index in [-0.39, 0.29) is 16.8 Å². The van der Waals surface area contributed by atoms with E-state index in [1.165, 1.54) is 24.3 Å². The zero-order valence-electron chi connectivity index (χ0n) is 16.8. The first-order chi connectivity index (χ1) is 14.9. The predicted molar refractivity (Wildman–Crippen MR) is 114 cm³/mol. The molecule has 1 atom stereocenters. The molecule has 0 saturated heterocycles. The zero-order valence-corrected chi connectivity index (χ0v) is 17.6. The van der Waals surface area contributed by atoms with Crippen molar-refractivity contribution >= 4 is 21.6 Å². The maximum absolute atomic E-state index is 12.8. The minimum Gasteiger partial charge on any atom is -0.490 e. The van der Waals surface area contributed by atoms with Gasteiger partial charge in [0, 0.05) is 23.7 Å². The number of amides is 1. The maximum atomic E-state index is 12.8. The molecule has 0 aliphatic carbocycles. The SMILES string of the molecule is C[C@H](NC(=O)c1ccc(NS(=O)(=O)c2ccc3c(c2)OCCCO3)cc1)c1ccco1. The molecule has 162 valence electrons. The first-order valence-corrected chi connectivity index (χ1v) is 11.3. The van der Waals surface area contributed by atoms with Gasteiger partial charge in [-0.2, -0.15) is 0 Å². The molecular weight excluding hydrogens is 420 g/mol. The summed E-state index contributed by atoms with van der Waals surface area (Å²) in [7, 11) is -3.84. The highest BCUT2D eigenvalue weighted by Gasteiger charge is 2.19. The fourth-order valence-corrected chi connectivity index (χ4v) is 4.18. The number of nitrogens with one attached hydrogen (secondary N) is 2. The summed E-state index contributed by atoms with van der Waals surface area (Å²) in [5.41, 5.74) is 0.736. The molecular formula is C22H22N2O6S. The monoisotopic (exact) mass is 442 g/mol. The highest BCUT2D eigenvalue weighted by Crippen LogP contribution is 2.32. The molecule has 1 amide bonds. The van der Waals surface area contributed by atoms with Crippen molar-refractivity contribution in [1.29, 1.82) is 0 Å². The fourth-order valence-electron chi connectivity index (χ4n) is 3.10. The van der Waals surface area contributed by atoms with Gasteiger partial charge in [0.2, 0.25) is 0 Å². The van der Waals surface area contributed by atoms with Crippen molar-refractivity contribution in [2.45, 2.75) is 24.3 Å². The van der Waals surface area contributed by atoms with Crippen LogP contribution in [0, 0.1) is 0 Å². The summed E-state index contributed by atoms with van der Waals surface area (Å²) >= 11 is 0. The van der Waals surface area contributed by atoms with Crippen molar-refractivity contribution in [3.63, 3.8) is 0 Å².